The lowest BCUT2D eigenvalue weighted by Crippen LogP contribution is -2.43. The molecule has 0 bridgehead atoms. The van der Waals surface area contributed by atoms with Gasteiger partial charge in [-0.2, -0.15) is 0 Å². The van der Waals surface area contributed by atoms with Crippen LogP contribution in [0.15, 0.2) is 30.3 Å². The fourth-order valence-corrected chi connectivity index (χ4v) is 4.75. The van der Waals surface area contributed by atoms with Crippen LogP contribution in [0.1, 0.15) is 32.7 Å². The van der Waals surface area contributed by atoms with E-state index < -0.39 is 0 Å². The van der Waals surface area contributed by atoms with Crippen LogP contribution in [-0.2, 0) is 4.79 Å². The molecule has 0 radical (unpaired) electrons. The number of benzene rings is 2. The van der Waals surface area contributed by atoms with Gasteiger partial charge in [-0.05, 0) is 49.2 Å². The molecule has 1 aliphatic rings. The standard InChI is InChI=1S/C23H24ClN5O4S/c1-13-9-14(10-18-20(13)28-23(25)34-18)22(32)29-7-2-5-27-21(31)16-11-15(24)3-4-17(16)33-8-6-26-19(30)12-29/h3-4,9-11H,2,5-8,12H2,1H3,(H2,25,28)(H,26,30)(H,27,31). The maximum Gasteiger partial charge on any atom is 0.255 e. The average molecular weight is 502 g/mol. The first-order valence-electron chi connectivity index (χ1n) is 10.7. The third-order valence-corrected chi connectivity index (χ3v) is 6.40. The zero-order valence-electron chi connectivity index (χ0n) is 18.5. The lowest BCUT2D eigenvalue weighted by molar-refractivity contribution is -0.121. The number of ether oxygens (including phenoxy) is 1. The molecule has 0 atom stereocenters. The van der Waals surface area contributed by atoms with E-state index >= 15 is 0 Å². The fourth-order valence-electron chi connectivity index (χ4n) is 3.73. The Morgan fingerprint density at radius 2 is 2.03 bits per heavy atom. The third-order valence-electron chi connectivity index (χ3n) is 5.33. The number of aromatic nitrogens is 1. The van der Waals surface area contributed by atoms with E-state index in [1.807, 2.05) is 6.92 Å². The molecule has 0 fully saturated rings. The number of nitrogens with one attached hydrogen (secondary N) is 2. The largest absolute Gasteiger partial charge is 0.491 e. The van der Waals surface area contributed by atoms with Crippen molar-refractivity contribution in [1.29, 1.82) is 0 Å². The summed E-state index contributed by atoms with van der Waals surface area (Å²) in [7, 11) is 0. The first-order valence-corrected chi connectivity index (χ1v) is 11.9. The van der Waals surface area contributed by atoms with Crippen molar-refractivity contribution in [2.45, 2.75) is 13.3 Å². The molecule has 4 N–H and O–H groups in total. The monoisotopic (exact) mass is 501 g/mol. The van der Waals surface area contributed by atoms with Gasteiger partial charge < -0.3 is 26.0 Å². The molecule has 34 heavy (non-hydrogen) atoms. The number of rotatable bonds is 1. The number of carbonyl (C=O) groups excluding carboxylic acids is 3. The van der Waals surface area contributed by atoms with Gasteiger partial charge in [0.05, 0.1) is 28.9 Å². The number of aryl methyl sites for hydroxylation is 1. The highest BCUT2D eigenvalue weighted by Gasteiger charge is 2.21. The molecule has 2 aromatic carbocycles. The molecule has 4 rings (SSSR count). The lowest BCUT2D eigenvalue weighted by Gasteiger charge is -2.23. The highest BCUT2D eigenvalue weighted by Crippen LogP contribution is 2.28. The van der Waals surface area contributed by atoms with Crippen molar-refractivity contribution in [1.82, 2.24) is 20.5 Å². The molecule has 1 aliphatic heterocycles. The summed E-state index contributed by atoms with van der Waals surface area (Å²) in [6.07, 6.45) is 0.455. The quantitative estimate of drug-likeness (QED) is 0.470. The topological polar surface area (TPSA) is 127 Å². The average Bonchev–Trinajstić information content (AvgIpc) is 3.19. The maximum atomic E-state index is 13.3. The first kappa shape index (κ1) is 23.8. The number of nitrogens with two attached hydrogens (primary N) is 1. The second-order valence-corrected chi connectivity index (χ2v) is 9.37. The minimum atomic E-state index is -0.319. The number of fused-ring (bicyclic) bond motifs is 2. The van der Waals surface area contributed by atoms with Gasteiger partial charge in [-0.1, -0.05) is 22.9 Å². The van der Waals surface area contributed by atoms with Crippen molar-refractivity contribution in [3.63, 3.8) is 0 Å². The predicted molar refractivity (Wildman–Crippen MR) is 132 cm³/mol. The molecule has 0 spiro atoms. The summed E-state index contributed by atoms with van der Waals surface area (Å²) in [5, 5.41) is 6.44. The minimum Gasteiger partial charge on any atom is -0.491 e. The molecular formula is C23H24ClN5O4S. The Kier molecular flexibility index (Phi) is 7.18. The van der Waals surface area contributed by atoms with Gasteiger partial charge in [0.25, 0.3) is 11.8 Å². The van der Waals surface area contributed by atoms with E-state index in [-0.39, 0.29) is 44.0 Å². The number of carbonyl (C=O) groups is 3. The van der Waals surface area contributed by atoms with E-state index in [4.69, 9.17) is 22.1 Å². The van der Waals surface area contributed by atoms with Gasteiger partial charge in [0, 0.05) is 23.7 Å². The molecule has 3 aromatic rings. The maximum absolute atomic E-state index is 13.3. The zero-order valence-corrected chi connectivity index (χ0v) is 20.1. The molecule has 0 saturated heterocycles. The highest BCUT2D eigenvalue weighted by atomic mass is 35.5. The summed E-state index contributed by atoms with van der Waals surface area (Å²) in [6, 6.07) is 8.30. The van der Waals surface area contributed by atoms with Crippen LogP contribution in [0.25, 0.3) is 10.2 Å². The van der Waals surface area contributed by atoms with Crippen LogP contribution in [0.5, 0.6) is 5.75 Å². The number of nitrogen functional groups attached to an aromatic ring is 1. The van der Waals surface area contributed by atoms with Gasteiger partial charge in [-0.25, -0.2) is 4.98 Å². The number of halogens is 1. The van der Waals surface area contributed by atoms with Gasteiger partial charge in [0.1, 0.15) is 12.4 Å². The number of nitrogens with zero attached hydrogens (tertiary/aromatic N) is 2. The Labute approximate surface area is 205 Å². The van der Waals surface area contributed by atoms with Crippen molar-refractivity contribution in [2.24, 2.45) is 0 Å². The van der Waals surface area contributed by atoms with Crippen LogP contribution < -0.4 is 21.1 Å². The summed E-state index contributed by atoms with van der Waals surface area (Å²) in [6.45, 7) is 2.72. The Morgan fingerprint density at radius 3 is 2.85 bits per heavy atom. The van der Waals surface area contributed by atoms with Gasteiger partial charge in [-0.3, -0.25) is 14.4 Å². The lowest BCUT2D eigenvalue weighted by atomic mass is 10.1. The van der Waals surface area contributed by atoms with Gasteiger partial charge >= 0.3 is 0 Å². The van der Waals surface area contributed by atoms with Crippen LogP contribution in [0.2, 0.25) is 5.02 Å². The number of hydrogen-bond donors (Lipinski definition) is 3. The first-order chi connectivity index (χ1) is 16.3. The minimum absolute atomic E-state index is 0.110. The summed E-state index contributed by atoms with van der Waals surface area (Å²) >= 11 is 7.36. The van der Waals surface area contributed by atoms with E-state index in [0.717, 1.165) is 15.8 Å². The Bertz CT molecular complexity index is 1260. The smallest absolute Gasteiger partial charge is 0.255 e. The number of anilines is 1. The van der Waals surface area contributed by atoms with Crippen molar-refractivity contribution in [3.8, 4) is 5.75 Å². The summed E-state index contributed by atoms with van der Waals surface area (Å²) in [5.74, 6) is -0.507. The van der Waals surface area contributed by atoms with Crippen LogP contribution in [0.4, 0.5) is 5.13 Å². The zero-order chi connectivity index (χ0) is 24.2. The van der Waals surface area contributed by atoms with E-state index in [1.165, 1.54) is 22.3 Å². The van der Waals surface area contributed by atoms with Crippen molar-refractivity contribution in [2.75, 3.05) is 38.5 Å². The molecule has 0 aliphatic carbocycles. The highest BCUT2D eigenvalue weighted by molar-refractivity contribution is 7.22. The van der Waals surface area contributed by atoms with Crippen molar-refractivity contribution in [3.05, 3.63) is 52.0 Å². The third kappa shape index (κ3) is 5.40. The predicted octanol–water partition coefficient (Wildman–Crippen LogP) is 2.61. The number of hydrogen-bond acceptors (Lipinski definition) is 7. The van der Waals surface area contributed by atoms with Crippen LogP contribution in [0.3, 0.4) is 0 Å². The van der Waals surface area contributed by atoms with Crippen LogP contribution >= 0.6 is 22.9 Å². The molecule has 3 amide bonds. The number of thiazole rings is 1. The van der Waals surface area contributed by atoms with Crippen molar-refractivity contribution < 1.29 is 19.1 Å². The van der Waals surface area contributed by atoms with Gasteiger partial charge in [0.15, 0.2) is 5.13 Å². The fraction of sp³-hybridized carbons (Fsp3) is 0.304. The Morgan fingerprint density at radius 1 is 1.21 bits per heavy atom. The van der Waals surface area contributed by atoms with E-state index in [0.29, 0.717) is 40.0 Å². The number of amides is 3. The van der Waals surface area contributed by atoms with Crippen LogP contribution in [-0.4, -0.2) is 60.4 Å². The molecule has 2 heterocycles. The molecule has 1 aromatic heterocycles. The van der Waals surface area contributed by atoms with E-state index in [9.17, 15) is 14.4 Å². The second kappa shape index (κ2) is 10.3. The molecular weight excluding hydrogens is 478 g/mol. The molecule has 178 valence electrons. The summed E-state index contributed by atoms with van der Waals surface area (Å²) < 4.78 is 6.49. The van der Waals surface area contributed by atoms with Gasteiger partial charge in [-0.15, -0.1) is 0 Å². The molecule has 0 unspecified atom stereocenters. The van der Waals surface area contributed by atoms with E-state index in [2.05, 4.69) is 15.6 Å². The summed E-state index contributed by atoms with van der Waals surface area (Å²) in [4.78, 5) is 44.3. The SMILES string of the molecule is Cc1cc(C(=O)N2CCCNC(=O)c3cc(Cl)ccc3OCCNC(=O)C2)cc2sc(N)nc12. The molecule has 11 heteroatoms. The van der Waals surface area contributed by atoms with Gasteiger partial charge in [0.2, 0.25) is 5.91 Å². The summed E-state index contributed by atoms with van der Waals surface area (Å²) in [5.41, 5.74) is 8.20. The molecule has 9 nitrogen and oxygen atoms in total. The normalized spacial score (nSPS) is 15.6. The van der Waals surface area contributed by atoms with E-state index in [1.54, 1.807) is 24.3 Å². The van der Waals surface area contributed by atoms with Crippen LogP contribution in [0, 0.1) is 6.92 Å². The Balaban J connectivity index is 1.53. The second-order valence-electron chi connectivity index (χ2n) is 7.87. The Hall–Kier alpha value is -3.37. The van der Waals surface area contributed by atoms with Crippen molar-refractivity contribution >= 4 is 56.0 Å². The molecule has 0 saturated carbocycles.